The van der Waals surface area contributed by atoms with Crippen molar-refractivity contribution in [3.63, 3.8) is 0 Å². The van der Waals surface area contributed by atoms with Gasteiger partial charge in [-0.1, -0.05) is 0 Å². The second kappa shape index (κ2) is 3.73. The molecule has 0 unspecified atom stereocenters. The number of halogens is 2. The van der Waals surface area contributed by atoms with Gasteiger partial charge in [-0.15, -0.1) is 0 Å². The molecule has 0 N–H and O–H groups in total. The van der Waals surface area contributed by atoms with E-state index in [9.17, 15) is 4.39 Å². The van der Waals surface area contributed by atoms with Crippen LogP contribution in [-0.4, -0.2) is 14.8 Å². The molecule has 0 aliphatic rings. The van der Waals surface area contributed by atoms with Crippen LogP contribution >= 0.6 is 15.9 Å². The highest BCUT2D eigenvalue weighted by Crippen LogP contribution is 2.27. The van der Waals surface area contributed by atoms with Gasteiger partial charge in [-0.3, -0.25) is 4.68 Å². The molecule has 0 aliphatic carbocycles. The Labute approximate surface area is 95.1 Å². The molecule has 0 aliphatic heterocycles. The van der Waals surface area contributed by atoms with Crippen LogP contribution in [0.15, 0.2) is 22.9 Å². The summed E-state index contributed by atoms with van der Waals surface area (Å²) in [6.07, 6.45) is 1.61. The van der Waals surface area contributed by atoms with Gasteiger partial charge < -0.3 is 0 Å². The van der Waals surface area contributed by atoms with Crippen LogP contribution in [0.1, 0.15) is 5.56 Å². The largest absolute Gasteiger partial charge is 0.255 e. The summed E-state index contributed by atoms with van der Waals surface area (Å²) >= 11 is 3.30. The van der Waals surface area contributed by atoms with Crippen LogP contribution in [0, 0.1) is 12.7 Å². The summed E-state index contributed by atoms with van der Waals surface area (Å²) in [7, 11) is 1.79. The van der Waals surface area contributed by atoms with E-state index in [1.807, 2.05) is 0 Å². The zero-order valence-electron chi connectivity index (χ0n) is 8.33. The van der Waals surface area contributed by atoms with E-state index in [0.29, 0.717) is 15.9 Å². The number of benzene rings is 1. The molecule has 0 radical (unpaired) electrons. The zero-order chi connectivity index (χ0) is 11.0. The first-order valence-electron chi connectivity index (χ1n) is 4.39. The Balaban J connectivity index is 2.58. The van der Waals surface area contributed by atoms with Crippen LogP contribution in [0.3, 0.4) is 0 Å². The summed E-state index contributed by atoms with van der Waals surface area (Å²) in [6.45, 7) is 1.72. The van der Waals surface area contributed by atoms with Gasteiger partial charge >= 0.3 is 0 Å². The molecule has 0 fully saturated rings. The third kappa shape index (κ3) is 1.92. The second-order valence-corrected chi connectivity index (χ2v) is 4.18. The third-order valence-corrected chi connectivity index (χ3v) is 2.74. The summed E-state index contributed by atoms with van der Waals surface area (Å²) in [4.78, 5) is 4.12. The van der Waals surface area contributed by atoms with Gasteiger partial charge in [-0.05, 0) is 40.5 Å². The fourth-order valence-corrected chi connectivity index (χ4v) is 1.78. The molecule has 1 heterocycles. The molecule has 0 spiro atoms. The Hall–Kier alpha value is -1.23. The van der Waals surface area contributed by atoms with E-state index in [4.69, 9.17) is 0 Å². The minimum atomic E-state index is -0.235. The lowest BCUT2D eigenvalue weighted by Gasteiger charge is -2.02. The molecule has 0 amide bonds. The summed E-state index contributed by atoms with van der Waals surface area (Å²) in [5.74, 6) is 0.356. The molecule has 0 bridgehead atoms. The van der Waals surface area contributed by atoms with Crippen LogP contribution in [0.2, 0.25) is 0 Å². The van der Waals surface area contributed by atoms with Gasteiger partial charge in [-0.25, -0.2) is 9.37 Å². The molecule has 0 saturated heterocycles. The normalized spacial score (nSPS) is 10.7. The van der Waals surface area contributed by atoms with E-state index in [1.54, 1.807) is 31.0 Å². The smallest absolute Gasteiger partial charge is 0.182 e. The Morgan fingerprint density at radius 1 is 1.40 bits per heavy atom. The fourth-order valence-electron chi connectivity index (χ4n) is 1.29. The lowest BCUT2D eigenvalue weighted by atomic mass is 10.1. The van der Waals surface area contributed by atoms with Crippen molar-refractivity contribution in [1.82, 2.24) is 14.8 Å². The highest BCUT2D eigenvalue weighted by Gasteiger charge is 2.10. The monoisotopic (exact) mass is 269 g/mol. The van der Waals surface area contributed by atoms with Crippen molar-refractivity contribution >= 4 is 15.9 Å². The maximum absolute atomic E-state index is 13.2. The van der Waals surface area contributed by atoms with Crippen molar-refractivity contribution < 1.29 is 4.39 Å². The minimum absolute atomic E-state index is 0.235. The summed E-state index contributed by atoms with van der Waals surface area (Å²) in [5.41, 5.74) is 1.38. The van der Waals surface area contributed by atoms with Gasteiger partial charge in [0.1, 0.15) is 12.1 Å². The van der Waals surface area contributed by atoms with E-state index in [1.165, 1.54) is 6.07 Å². The van der Waals surface area contributed by atoms with E-state index < -0.39 is 0 Å². The minimum Gasteiger partial charge on any atom is -0.255 e. The highest BCUT2D eigenvalue weighted by molar-refractivity contribution is 9.10. The number of nitrogens with zero attached hydrogens (tertiary/aromatic N) is 3. The number of hydrogen-bond donors (Lipinski definition) is 0. The fraction of sp³-hybridized carbons (Fsp3) is 0.200. The number of hydrogen-bond acceptors (Lipinski definition) is 2. The van der Waals surface area contributed by atoms with Crippen LogP contribution in [0.5, 0.6) is 0 Å². The van der Waals surface area contributed by atoms with Gasteiger partial charge in [0.25, 0.3) is 0 Å². The Bertz CT molecular complexity index is 507. The maximum atomic E-state index is 13.2. The molecular weight excluding hydrogens is 261 g/mol. The molecule has 2 rings (SSSR count). The summed E-state index contributed by atoms with van der Waals surface area (Å²) in [6, 6.07) is 3.16. The van der Waals surface area contributed by atoms with Crippen LogP contribution < -0.4 is 0 Å². The highest BCUT2D eigenvalue weighted by atomic mass is 79.9. The molecule has 1 aromatic carbocycles. The van der Waals surface area contributed by atoms with Gasteiger partial charge in [0, 0.05) is 17.1 Å². The van der Waals surface area contributed by atoms with Crippen molar-refractivity contribution in [3.8, 4) is 11.4 Å². The summed E-state index contributed by atoms with van der Waals surface area (Å²) in [5, 5.41) is 4.17. The van der Waals surface area contributed by atoms with Crippen molar-refractivity contribution in [2.75, 3.05) is 0 Å². The van der Waals surface area contributed by atoms with Crippen molar-refractivity contribution in [3.05, 3.63) is 34.3 Å². The number of aromatic nitrogens is 3. The average Bonchev–Trinajstić information content (AvgIpc) is 2.58. The first-order valence-corrected chi connectivity index (χ1v) is 5.19. The number of aryl methyl sites for hydroxylation is 2. The van der Waals surface area contributed by atoms with Crippen molar-refractivity contribution in [2.45, 2.75) is 6.92 Å². The zero-order valence-corrected chi connectivity index (χ0v) is 9.92. The van der Waals surface area contributed by atoms with E-state index in [0.717, 1.165) is 5.56 Å². The maximum Gasteiger partial charge on any atom is 0.182 e. The topological polar surface area (TPSA) is 30.7 Å². The molecular formula is C10H9BrFN3. The first kappa shape index (κ1) is 10.3. The second-order valence-electron chi connectivity index (χ2n) is 3.32. The SMILES string of the molecule is Cc1cc(-c2ncn(C)n2)c(Br)cc1F. The average molecular weight is 270 g/mol. The Morgan fingerprint density at radius 3 is 2.73 bits per heavy atom. The van der Waals surface area contributed by atoms with Gasteiger partial charge in [0.05, 0.1) is 0 Å². The quantitative estimate of drug-likeness (QED) is 0.797. The van der Waals surface area contributed by atoms with Crippen LogP contribution in [0.4, 0.5) is 4.39 Å². The van der Waals surface area contributed by atoms with E-state index in [2.05, 4.69) is 26.0 Å². The number of rotatable bonds is 1. The summed E-state index contributed by atoms with van der Waals surface area (Å²) < 4.78 is 15.5. The van der Waals surface area contributed by atoms with Crippen molar-refractivity contribution in [2.24, 2.45) is 7.05 Å². The molecule has 0 atom stereocenters. The van der Waals surface area contributed by atoms with E-state index >= 15 is 0 Å². The lowest BCUT2D eigenvalue weighted by Crippen LogP contribution is -1.91. The molecule has 2 aromatic rings. The third-order valence-electron chi connectivity index (χ3n) is 2.09. The van der Waals surface area contributed by atoms with Crippen molar-refractivity contribution in [1.29, 1.82) is 0 Å². The molecule has 0 saturated carbocycles. The predicted molar refractivity (Wildman–Crippen MR) is 58.8 cm³/mol. The predicted octanol–water partition coefficient (Wildman–Crippen LogP) is 2.69. The van der Waals surface area contributed by atoms with Gasteiger partial charge in [0.2, 0.25) is 0 Å². The molecule has 5 heteroatoms. The van der Waals surface area contributed by atoms with Crippen LogP contribution in [-0.2, 0) is 7.05 Å². The standard InChI is InChI=1S/C10H9BrFN3/c1-6-3-7(8(11)4-9(6)12)10-13-5-15(2)14-10/h3-5H,1-2H3. The Kier molecular flexibility index (Phi) is 2.56. The van der Waals surface area contributed by atoms with Crippen LogP contribution in [0.25, 0.3) is 11.4 Å². The Morgan fingerprint density at radius 2 is 2.13 bits per heavy atom. The lowest BCUT2D eigenvalue weighted by molar-refractivity contribution is 0.618. The molecule has 15 heavy (non-hydrogen) atoms. The van der Waals surface area contributed by atoms with Gasteiger partial charge in [-0.2, -0.15) is 5.10 Å². The molecule has 3 nitrogen and oxygen atoms in total. The first-order chi connectivity index (χ1) is 7.08. The van der Waals surface area contributed by atoms with Gasteiger partial charge in [0.15, 0.2) is 5.82 Å². The molecule has 1 aromatic heterocycles. The van der Waals surface area contributed by atoms with E-state index in [-0.39, 0.29) is 5.82 Å². The molecule has 78 valence electrons.